The molecule has 1 aromatic carbocycles. The van der Waals surface area contributed by atoms with Crippen LogP contribution in [0.4, 0.5) is 10.5 Å². The summed E-state index contributed by atoms with van der Waals surface area (Å²) in [6.45, 7) is 6.88. The summed E-state index contributed by atoms with van der Waals surface area (Å²) < 4.78 is 5.51. The van der Waals surface area contributed by atoms with Gasteiger partial charge in [-0.1, -0.05) is 48.0 Å². The van der Waals surface area contributed by atoms with Crippen LogP contribution in [0.15, 0.2) is 70.9 Å². The van der Waals surface area contributed by atoms with Crippen LogP contribution in [0, 0.1) is 0 Å². The van der Waals surface area contributed by atoms with Crippen molar-refractivity contribution in [3.63, 3.8) is 0 Å². The number of amides is 1. The third-order valence-corrected chi connectivity index (χ3v) is 5.82. The zero-order chi connectivity index (χ0) is 24.7. The Morgan fingerprint density at radius 3 is 2.63 bits per heavy atom. The van der Waals surface area contributed by atoms with Crippen LogP contribution < -0.4 is 4.90 Å². The number of hydrogen-bond acceptors (Lipinski definition) is 4. The van der Waals surface area contributed by atoms with Crippen molar-refractivity contribution in [1.29, 1.82) is 0 Å². The first-order valence-electron chi connectivity index (χ1n) is 11.6. The molecule has 0 fully saturated rings. The summed E-state index contributed by atoms with van der Waals surface area (Å²) in [6, 6.07) is 8.42. The Labute approximate surface area is 225 Å². The van der Waals surface area contributed by atoms with E-state index in [1.165, 1.54) is 22.9 Å². The topological polar surface area (TPSA) is 70.1 Å². The fraction of sp³-hybridized carbons (Fsp3) is 0.407. The van der Waals surface area contributed by atoms with E-state index in [1.54, 1.807) is 4.90 Å². The molecule has 0 saturated carbocycles. The quantitative estimate of drug-likeness (QED) is 0.299. The van der Waals surface area contributed by atoms with Crippen LogP contribution in [-0.2, 0) is 16.0 Å². The molecule has 2 aliphatic rings. The van der Waals surface area contributed by atoms with E-state index in [-0.39, 0.29) is 25.4 Å². The molecule has 1 amide bonds. The second-order valence-electron chi connectivity index (χ2n) is 9.41. The summed E-state index contributed by atoms with van der Waals surface area (Å²) in [5.41, 5.74) is 4.24. The molecule has 0 bridgehead atoms. The number of nitrogens with zero attached hydrogens (tertiary/aromatic N) is 2. The van der Waals surface area contributed by atoms with Gasteiger partial charge in [-0.05, 0) is 69.7 Å². The zero-order valence-electron chi connectivity index (χ0n) is 20.1. The number of ether oxygens (including phenoxy) is 1. The third kappa shape index (κ3) is 8.65. The summed E-state index contributed by atoms with van der Waals surface area (Å²) in [7, 11) is 0. The third-order valence-electron chi connectivity index (χ3n) is 5.56. The van der Waals surface area contributed by atoms with Gasteiger partial charge in [-0.2, -0.15) is 0 Å². The van der Waals surface area contributed by atoms with Crippen LogP contribution >= 0.6 is 11.6 Å². The normalized spacial score (nSPS) is 15.1. The molecule has 0 atom stereocenters. The number of allylic oxidation sites excluding steroid dienone is 5. The van der Waals surface area contributed by atoms with Crippen LogP contribution in [0.5, 0.6) is 0 Å². The Hall–Kier alpha value is -2.39. The predicted octanol–water partition coefficient (Wildman–Crippen LogP) is 5.40. The maximum atomic E-state index is 12.6. The number of carboxylic acid groups (broad SMARTS) is 1. The number of anilines is 1. The van der Waals surface area contributed by atoms with Crippen molar-refractivity contribution in [3.05, 3.63) is 76.5 Å². The molecule has 1 aliphatic heterocycles. The molecule has 35 heavy (non-hydrogen) atoms. The predicted molar refractivity (Wildman–Crippen MR) is 143 cm³/mol. The van der Waals surface area contributed by atoms with Crippen molar-refractivity contribution in [1.82, 2.24) is 4.90 Å². The SMILES string of the molecule is CC(C)(C)OC(=O)N(C/C=C/C(=O)O)CCCCN1C2=CC(Cl)=CCC2=CCc2ccccc21.[LiH]. The molecule has 1 N–H and O–H groups in total. The zero-order valence-corrected chi connectivity index (χ0v) is 20.8. The Bertz CT molecular complexity index is 1040. The molecule has 3 rings (SSSR count). The van der Waals surface area contributed by atoms with Crippen molar-refractivity contribution in [2.24, 2.45) is 0 Å². The summed E-state index contributed by atoms with van der Waals surface area (Å²) >= 11 is 6.37. The van der Waals surface area contributed by atoms with Crippen LogP contribution in [0.1, 0.15) is 45.6 Å². The number of unbranched alkanes of at least 4 members (excludes halogenated alkanes) is 1. The van der Waals surface area contributed by atoms with Crippen molar-refractivity contribution >= 4 is 48.2 Å². The minimum absolute atomic E-state index is 0. The number of aliphatic carboxylic acids is 1. The van der Waals surface area contributed by atoms with Gasteiger partial charge in [0, 0.05) is 42.1 Å². The summed E-state index contributed by atoms with van der Waals surface area (Å²) in [5, 5.41) is 9.62. The second-order valence-corrected chi connectivity index (χ2v) is 9.85. The molecule has 184 valence electrons. The molecule has 6 nitrogen and oxygen atoms in total. The Morgan fingerprint density at radius 2 is 1.91 bits per heavy atom. The number of rotatable bonds is 8. The molecular formula is C27H34ClLiN2O4. The molecule has 0 aromatic heterocycles. The summed E-state index contributed by atoms with van der Waals surface area (Å²) in [6.07, 6.45) is 11.7. The first-order chi connectivity index (χ1) is 16.1. The van der Waals surface area contributed by atoms with Crippen LogP contribution in [0.2, 0.25) is 0 Å². The molecule has 1 heterocycles. The Kier molecular flexibility index (Phi) is 10.8. The van der Waals surface area contributed by atoms with Gasteiger partial charge in [-0.3, -0.25) is 0 Å². The van der Waals surface area contributed by atoms with E-state index in [1.807, 2.05) is 32.9 Å². The van der Waals surface area contributed by atoms with Crippen molar-refractivity contribution in [3.8, 4) is 0 Å². The Morgan fingerprint density at radius 1 is 1.17 bits per heavy atom. The van der Waals surface area contributed by atoms with E-state index >= 15 is 0 Å². The summed E-state index contributed by atoms with van der Waals surface area (Å²) in [4.78, 5) is 27.3. The van der Waals surface area contributed by atoms with Gasteiger partial charge in [0.25, 0.3) is 0 Å². The summed E-state index contributed by atoms with van der Waals surface area (Å²) in [5.74, 6) is -1.04. The van der Waals surface area contributed by atoms with E-state index < -0.39 is 17.7 Å². The number of carbonyl (C=O) groups excluding carboxylic acids is 1. The van der Waals surface area contributed by atoms with Gasteiger partial charge in [0.2, 0.25) is 0 Å². The van der Waals surface area contributed by atoms with E-state index in [0.29, 0.717) is 6.54 Å². The molecule has 1 aliphatic carbocycles. The first-order valence-corrected chi connectivity index (χ1v) is 12.0. The van der Waals surface area contributed by atoms with E-state index in [4.69, 9.17) is 21.4 Å². The number of para-hydroxylation sites is 1. The standard InChI is InChI=1S/C27H33ClN2O4.Li.H/c1-27(2,3)34-26(33)29(17-8-11-25(31)32)16-6-7-18-30-23-10-5-4-9-20(23)12-13-21-14-15-22(28)19-24(21)30;;/h4-5,8-11,13,15,19H,6-7,12,14,16-18H2,1-3H3,(H,31,32);;/b11-8+;;. The van der Waals surface area contributed by atoms with E-state index in [2.05, 4.69) is 35.2 Å². The number of fused-ring (bicyclic) bond motifs is 2. The van der Waals surface area contributed by atoms with Gasteiger partial charge in [0.1, 0.15) is 5.60 Å². The monoisotopic (exact) mass is 492 g/mol. The van der Waals surface area contributed by atoms with Gasteiger partial charge in [0.05, 0.1) is 0 Å². The number of hydrogen-bond donors (Lipinski definition) is 1. The van der Waals surface area contributed by atoms with Crippen LogP contribution in [0.25, 0.3) is 0 Å². The first kappa shape index (κ1) is 28.8. The average Bonchev–Trinajstić information content (AvgIpc) is 2.90. The minimum atomic E-state index is -1.04. The van der Waals surface area contributed by atoms with Gasteiger partial charge >= 0.3 is 30.9 Å². The number of benzene rings is 1. The molecule has 8 heteroatoms. The fourth-order valence-electron chi connectivity index (χ4n) is 4.02. The molecule has 0 spiro atoms. The van der Waals surface area contributed by atoms with Gasteiger partial charge in [-0.25, -0.2) is 9.59 Å². The van der Waals surface area contributed by atoms with E-state index in [9.17, 15) is 9.59 Å². The van der Waals surface area contributed by atoms with Gasteiger partial charge < -0.3 is 19.6 Å². The molecular weight excluding hydrogens is 459 g/mol. The van der Waals surface area contributed by atoms with Gasteiger partial charge in [-0.15, -0.1) is 0 Å². The van der Waals surface area contributed by atoms with Crippen molar-refractivity contribution in [2.75, 3.05) is 24.5 Å². The molecule has 0 saturated heterocycles. The van der Waals surface area contributed by atoms with Gasteiger partial charge in [0.15, 0.2) is 0 Å². The molecule has 0 unspecified atom stereocenters. The number of carboxylic acids is 1. The number of carbonyl (C=O) groups is 2. The average molecular weight is 493 g/mol. The second kappa shape index (κ2) is 13.1. The van der Waals surface area contributed by atoms with Crippen LogP contribution in [0.3, 0.4) is 0 Å². The Balaban J connectivity index is 0.00000432. The fourth-order valence-corrected chi connectivity index (χ4v) is 4.20. The molecule has 0 radical (unpaired) electrons. The molecule has 1 aromatic rings. The van der Waals surface area contributed by atoms with E-state index in [0.717, 1.165) is 49.0 Å². The van der Waals surface area contributed by atoms with Crippen molar-refractivity contribution < 1.29 is 19.4 Å². The van der Waals surface area contributed by atoms with Crippen molar-refractivity contribution in [2.45, 2.75) is 52.1 Å². The van der Waals surface area contributed by atoms with Crippen LogP contribution in [-0.4, -0.2) is 66.2 Å². The number of halogens is 1. The maximum absolute atomic E-state index is 12.6.